The molecule has 0 aliphatic carbocycles. The number of fused-ring (bicyclic) bond motifs is 1. The molecule has 0 N–H and O–H groups in total. The molecular weight excluding hydrogens is 456 g/mol. The summed E-state index contributed by atoms with van der Waals surface area (Å²) in [4.78, 5) is 31.4. The van der Waals surface area contributed by atoms with Gasteiger partial charge >= 0.3 is 5.97 Å². The molecule has 0 saturated carbocycles. The number of thiazole rings is 1. The average Bonchev–Trinajstić information content (AvgIpc) is 3.16. The maximum absolute atomic E-state index is 13.7. The van der Waals surface area contributed by atoms with Gasteiger partial charge in [0.25, 0.3) is 5.56 Å². The molecule has 3 aromatic rings. The highest BCUT2D eigenvalue weighted by Crippen LogP contribution is 2.31. The molecule has 1 aromatic heterocycles. The van der Waals surface area contributed by atoms with Gasteiger partial charge in [-0.1, -0.05) is 23.5 Å². The topological polar surface area (TPSA) is 88.4 Å². The highest BCUT2D eigenvalue weighted by molar-refractivity contribution is 7.07. The van der Waals surface area contributed by atoms with E-state index in [2.05, 4.69) is 4.99 Å². The number of carbonyl (C=O) groups excluding carboxylic acids is 1. The number of allylic oxidation sites excluding steroid dienone is 1. The van der Waals surface area contributed by atoms with Gasteiger partial charge in [0.2, 0.25) is 0 Å². The highest BCUT2D eigenvalue weighted by Gasteiger charge is 2.33. The molecular formula is C25H24N2O6S. The monoisotopic (exact) mass is 480 g/mol. The molecule has 2 aromatic carbocycles. The number of methoxy groups -OCH3 is 4. The van der Waals surface area contributed by atoms with Crippen LogP contribution in [0.4, 0.5) is 0 Å². The first-order valence-electron chi connectivity index (χ1n) is 10.4. The molecule has 176 valence electrons. The molecule has 0 saturated heterocycles. The van der Waals surface area contributed by atoms with Crippen molar-refractivity contribution >= 4 is 23.4 Å². The van der Waals surface area contributed by atoms with Crippen molar-refractivity contribution in [2.45, 2.75) is 13.0 Å². The molecule has 0 spiro atoms. The first-order chi connectivity index (χ1) is 16.4. The lowest BCUT2D eigenvalue weighted by Crippen LogP contribution is -2.39. The Hall–Kier alpha value is -3.85. The molecule has 0 radical (unpaired) electrons. The predicted octanol–water partition coefficient (Wildman–Crippen LogP) is 2.43. The summed E-state index contributed by atoms with van der Waals surface area (Å²) in [6, 6.07) is 11.9. The van der Waals surface area contributed by atoms with E-state index in [4.69, 9.17) is 18.9 Å². The van der Waals surface area contributed by atoms with Gasteiger partial charge in [-0.15, -0.1) is 0 Å². The number of aromatic nitrogens is 1. The molecule has 1 atom stereocenters. The number of esters is 1. The van der Waals surface area contributed by atoms with E-state index >= 15 is 0 Å². The Bertz CT molecular complexity index is 1450. The summed E-state index contributed by atoms with van der Waals surface area (Å²) in [7, 11) is 6.03. The minimum Gasteiger partial charge on any atom is -0.497 e. The summed E-state index contributed by atoms with van der Waals surface area (Å²) in [6.07, 6.45) is 1.74. The lowest BCUT2D eigenvalue weighted by Gasteiger charge is -2.24. The van der Waals surface area contributed by atoms with Crippen molar-refractivity contribution in [3.05, 3.63) is 84.5 Å². The van der Waals surface area contributed by atoms with Gasteiger partial charge in [-0.3, -0.25) is 9.36 Å². The van der Waals surface area contributed by atoms with Crippen molar-refractivity contribution in [3.8, 4) is 17.2 Å². The van der Waals surface area contributed by atoms with Crippen molar-refractivity contribution < 1.29 is 23.7 Å². The third kappa shape index (κ3) is 4.10. The number of hydrogen-bond acceptors (Lipinski definition) is 8. The maximum Gasteiger partial charge on any atom is 0.338 e. The zero-order chi connectivity index (χ0) is 24.4. The van der Waals surface area contributed by atoms with Gasteiger partial charge < -0.3 is 18.9 Å². The molecule has 0 fully saturated rings. The smallest absolute Gasteiger partial charge is 0.338 e. The fourth-order valence-electron chi connectivity index (χ4n) is 3.89. The molecule has 2 heterocycles. The SMILES string of the molecule is COC(=O)C1=C(C)N=c2s/c(=C/c3cc(OC)ccc3OC)c(=O)n2[C@H]1c1ccc(OC)cc1. The fraction of sp³-hybridized carbons (Fsp3) is 0.240. The average molecular weight is 481 g/mol. The van der Waals surface area contributed by atoms with Gasteiger partial charge in [0, 0.05) is 5.56 Å². The zero-order valence-electron chi connectivity index (χ0n) is 19.4. The number of carbonyl (C=O) groups is 1. The maximum atomic E-state index is 13.7. The fourth-order valence-corrected chi connectivity index (χ4v) is 4.93. The Morgan fingerprint density at radius 2 is 1.68 bits per heavy atom. The van der Waals surface area contributed by atoms with Crippen LogP contribution in [-0.4, -0.2) is 39.0 Å². The highest BCUT2D eigenvalue weighted by atomic mass is 32.1. The minimum atomic E-state index is -0.691. The van der Waals surface area contributed by atoms with E-state index in [0.717, 1.165) is 5.56 Å². The molecule has 8 nitrogen and oxygen atoms in total. The van der Waals surface area contributed by atoms with Crippen molar-refractivity contribution in [2.75, 3.05) is 28.4 Å². The van der Waals surface area contributed by atoms with Gasteiger partial charge in [-0.2, -0.15) is 0 Å². The zero-order valence-corrected chi connectivity index (χ0v) is 20.3. The second kappa shape index (κ2) is 9.56. The summed E-state index contributed by atoms with van der Waals surface area (Å²) in [5.41, 5.74) is 1.97. The molecule has 9 heteroatoms. The molecule has 4 rings (SSSR count). The Kier molecular flexibility index (Phi) is 6.56. The van der Waals surface area contributed by atoms with Gasteiger partial charge in [0.05, 0.1) is 50.3 Å². The van der Waals surface area contributed by atoms with Crippen LogP contribution in [0.1, 0.15) is 24.1 Å². The summed E-state index contributed by atoms with van der Waals surface area (Å²) < 4.78 is 23.1. The third-order valence-electron chi connectivity index (χ3n) is 5.58. The van der Waals surface area contributed by atoms with Crippen LogP contribution in [0, 0.1) is 0 Å². The van der Waals surface area contributed by atoms with E-state index in [1.807, 2.05) is 12.1 Å². The van der Waals surface area contributed by atoms with E-state index in [1.54, 1.807) is 64.7 Å². The van der Waals surface area contributed by atoms with E-state index < -0.39 is 12.0 Å². The number of ether oxygens (including phenoxy) is 4. The lowest BCUT2D eigenvalue weighted by atomic mass is 9.96. The van der Waals surface area contributed by atoms with Gasteiger partial charge in [-0.25, -0.2) is 9.79 Å². The van der Waals surface area contributed by atoms with Crippen LogP contribution in [0.3, 0.4) is 0 Å². The van der Waals surface area contributed by atoms with Gasteiger partial charge in [0.15, 0.2) is 4.80 Å². The second-order valence-corrected chi connectivity index (χ2v) is 8.46. The second-order valence-electron chi connectivity index (χ2n) is 7.45. The Labute approximate surface area is 200 Å². The van der Waals surface area contributed by atoms with E-state index in [9.17, 15) is 9.59 Å². The number of rotatable bonds is 6. The molecule has 1 aliphatic heterocycles. The summed E-state index contributed by atoms with van der Waals surface area (Å²) in [5, 5.41) is 0. The first kappa shape index (κ1) is 23.3. The first-order valence-corrected chi connectivity index (χ1v) is 11.2. The third-order valence-corrected chi connectivity index (χ3v) is 6.56. The van der Waals surface area contributed by atoms with Crippen LogP contribution in [0.5, 0.6) is 17.2 Å². The number of hydrogen-bond donors (Lipinski definition) is 0. The van der Waals surface area contributed by atoms with Crippen LogP contribution in [0.2, 0.25) is 0 Å². The van der Waals surface area contributed by atoms with Crippen molar-refractivity contribution in [2.24, 2.45) is 4.99 Å². The molecule has 0 unspecified atom stereocenters. The Balaban J connectivity index is 1.96. The normalized spacial score (nSPS) is 15.4. The van der Waals surface area contributed by atoms with Crippen molar-refractivity contribution in [1.82, 2.24) is 4.57 Å². The summed E-state index contributed by atoms with van der Waals surface area (Å²) in [5.74, 6) is 1.37. The Morgan fingerprint density at radius 1 is 1.00 bits per heavy atom. The molecule has 1 aliphatic rings. The van der Waals surface area contributed by atoms with Crippen LogP contribution >= 0.6 is 11.3 Å². The van der Waals surface area contributed by atoms with Crippen molar-refractivity contribution in [1.29, 1.82) is 0 Å². The summed E-state index contributed by atoms with van der Waals surface area (Å²) >= 11 is 1.24. The number of nitrogens with zero attached hydrogens (tertiary/aromatic N) is 2. The van der Waals surface area contributed by atoms with E-state index in [1.165, 1.54) is 23.0 Å². The largest absolute Gasteiger partial charge is 0.497 e. The molecule has 0 amide bonds. The molecule has 0 bridgehead atoms. The Morgan fingerprint density at radius 3 is 2.29 bits per heavy atom. The van der Waals surface area contributed by atoms with Crippen LogP contribution in [-0.2, 0) is 9.53 Å². The van der Waals surface area contributed by atoms with E-state index in [0.29, 0.717) is 43.4 Å². The lowest BCUT2D eigenvalue weighted by molar-refractivity contribution is -0.136. The predicted molar refractivity (Wildman–Crippen MR) is 128 cm³/mol. The van der Waals surface area contributed by atoms with Crippen LogP contribution < -0.4 is 29.1 Å². The van der Waals surface area contributed by atoms with Crippen LogP contribution in [0.25, 0.3) is 6.08 Å². The quantitative estimate of drug-likeness (QED) is 0.504. The van der Waals surface area contributed by atoms with E-state index in [-0.39, 0.29) is 5.56 Å². The van der Waals surface area contributed by atoms with Gasteiger partial charge in [-0.05, 0) is 48.9 Å². The van der Waals surface area contributed by atoms with Crippen LogP contribution in [0.15, 0.2) is 63.5 Å². The number of benzene rings is 2. The standard InChI is InChI=1S/C25H24N2O6S/c1-14-21(24(29)33-5)22(15-6-8-17(30-2)9-7-15)27-23(28)20(34-25(27)26-14)13-16-12-18(31-3)10-11-19(16)32-4/h6-13,22H,1-5H3/b20-13+/t22-/m0/s1. The molecule has 34 heavy (non-hydrogen) atoms. The van der Waals surface area contributed by atoms with Crippen molar-refractivity contribution in [3.63, 3.8) is 0 Å². The summed E-state index contributed by atoms with van der Waals surface area (Å²) in [6.45, 7) is 1.74. The minimum absolute atomic E-state index is 0.275. The van der Waals surface area contributed by atoms with Gasteiger partial charge in [0.1, 0.15) is 17.2 Å².